The van der Waals surface area contributed by atoms with Crippen LogP contribution in [0.25, 0.3) is 0 Å². The Balaban J connectivity index is 4.22. The Kier molecular flexibility index (Phi) is 3.72. The molecule has 6 heteroatoms. The molecule has 0 heterocycles. The second-order valence-corrected chi connectivity index (χ2v) is 2.71. The molecule has 0 N–H and O–H groups in total. The molecule has 0 aliphatic heterocycles. The average Bonchev–Trinajstić information content (AvgIpc) is 2.01. The van der Waals surface area contributed by atoms with Crippen molar-refractivity contribution in [2.24, 2.45) is 5.92 Å². The predicted molar refractivity (Wildman–Crippen MR) is 38.5 cm³/mol. The van der Waals surface area contributed by atoms with Crippen LogP contribution in [0.3, 0.4) is 0 Å². The second kappa shape index (κ2) is 4.12. The van der Waals surface area contributed by atoms with Crippen molar-refractivity contribution in [1.29, 1.82) is 5.26 Å². The Bertz CT molecular complexity index is 231. The van der Waals surface area contributed by atoms with E-state index in [1.807, 2.05) is 0 Å². The Morgan fingerprint density at radius 3 is 2.38 bits per heavy atom. The summed E-state index contributed by atoms with van der Waals surface area (Å²) >= 11 is 0. The first-order valence-corrected chi connectivity index (χ1v) is 3.51. The van der Waals surface area contributed by atoms with E-state index in [1.54, 1.807) is 6.07 Å². The second-order valence-electron chi connectivity index (χ2n) is 2.71. The highest BCUT2D eigenvalue weighted by Crippen LogP contribution is 2.17. The zero-order valence-corrected chi connectivity index (χ0v) is 7.22. The summed E-state index contributed by atoms with van der Waals surface area (Å²) in [6.45, 7) is 1.23. The third kappa shape index (κ3) is 3.78. The van der Waals surface area contributed by atoms with Crippen molar-refractivity contribution in [2.75, 3.05) is 13.6 Å². The highest BCUT2D eigenvalue weighted by Gasteiger charge is 2.41. The molecule has 0 aliphatic carbocycles. The maximum absolute atomic E-state index is 11.8. The van der Waals surface area contributed by atoms with Crippen molar-refractivity contribution in [3.63, 3.8) is 0 Å². The molecule has 0 aliphatic rings. The van der Waals surface area contributed by atoms with Gasteiger partial charge in [0.2, 0.25) is 0 Å². The number of carbonyl (C=O) groups is 1. The summed E-state index contributed by atoms with van der Waals surface area (Å²) < 4.78 is 35.3. The molecule has 0 spiro atoms. The predicted octanol–water partition coefficient (Wildman–Crippen LogP) is 1.17. The summed E-state index contributed by atoms with van der Waals surface area (Å²) in [6, 6.07) is 1.74. The van der Waals surface area contributed by atoms with Gasteiger partial charge in [-0.15, -0.1) is 0 Å². The van der Waals surface area contributed by atoms with Crippen molar-refractivity contribution in [3.05, 3.63) is 0 Å². The van der Waals surface area contributed by atoms with Crippen LogP contribution in [0.5, 0.6) is 0 Å². The zero-order chi connectivity index (χ0) is 10.6. The first-order chi connectivity index (χ1) is 5.79. The molecular formula is C7H9F3N2O. The van der Waals surface area contributed by atoms with Gasteiger partial charge in [0.1, 0.15) is 0 Å². The maximum atomic E-state index is 11.8. The largest absolute Gasteiger partial charge is 0.471 e. The smallest absolute Gasteiger partial charge is 0.337 e. The van der Waals surface area contributed by atoms with Gasteiger partial charge in [0.05, 0.1) is 12.0 Å². The van der Waals surface area contributed by atoms with Crippen LogP contribution in [0.4, 0.5) is 13.2 Å². The third-order valence-corrected chi connectivity index (χ3v) is 1.36. The maximum Gasteiger partial charge on any atom is 0.471 e. The van der Waals surface area contributed by atoms with E-state index in [0.717, 1.165) is 7.05 Å². The Labute approximate surface area is 73.7 Å². The molecule has 0 aromatic carbocycles. The van der Waals surface area contributed by atoms with Gasteiger partial charge in [-0.2, -0.15) is 18.4 Å². The van der Waals surface area contributed by atoms with Crippen LogP contribution >= 0.6 is 0 Å². The molecule has 0 fully saturated rings. The number of hydrogen-bond donors (Lipinski definition) is 0. The summed E-state index contributed by atoms with van der Waals surface area (Å²) in [6.07, 6.45) is -4.86. The van der Waals surface area contributed by atoms with Crippen LogP contribution in [-0.2, 0) is 4.79 Å². The number of nitrogens with zero attached hydrogens (tertiary/aromatic N) is 2. The van der Waals surface area contributed by atoms with Crippen LogP contribution in [0.2, 0.25) is 0 Å². The summed E-state index contributed by atoms with van der Waals surface area (Å²) in [5.74, 6) is -2.52. The molecule has 0 aromatic rings. The first-order valence-electron chi connectivity index (χ1n) is 3.51. The van der Waals surface area contributed by atoms with Gasteiger partial charge in [0.15, 0.2) is 0 Å². The third-order valence-electron chi connectivity index (χ3n) is 1.36. The van der Waals surface area contributed by atoms with Gasteiger partial charge in [0, 0.05) is 13.6 Å². The number of amides is 1. The van der Waals surface area contributed by atoms with E-state index in [4.69, 9.17) is 5.26 Å². The van der Waals surface area contributed by atoms with Crippen molar-refractivity contribution in [1.82, 2.24) is 4.90 Å². The normalized spacial score (nSPS) is 13.2. The summed E-state index contributed by atoms with van der Waals surface area (Å²) in [5.41, 5.74) is 0. The van der Waals surface area contributed by atoms with E-state index in [2.05, 4.69) is 0 Å². The van der Waals surface area contributed by atoms with Gasteiger partial charge in [-0.3, -0.25) is 4.79 Å². The molecule has 0 rings (SSSR count). The average molecular weight is 194 g/mol. The molecule has 13 heavy (non-hydrogen) atoms. The molecule has 1 amide bonds. The minimum atomic E-state index is -4.86. The van der Waals surface area contributed by atoms with Gasteiger partial charge < -0.3 is 4.90 Å². The van der Waals surface area contributed by atoms with E-state index in [-0.39, 0.29) is 6.54 Å². The van der Waals surface area contributed by atoms with Gasteiger partial charge in [0.25, 0.3) is 0 Å². The number of halogens is 3. The molecule has 0 radical (unpaired) electrons. The monoisotopic (exact) mass is 194 g/mol. The Hall–Kier alpha value is -1.25. The molecule has 1 atom stereocenters. The number of alkyl halides is 3. The SMILES string of the molecule is CC(C#N)CN(C)C(=O)C(F)(F)F. The molecule has 0 bridgehead atoms. The molecule has 3 nitrogen and oxygen atoms in total. The lowest BCUT2D eigenvalue weighted by Gasteiger charge is -2.19. The standard InChI is InChI=1S/C7H9F3N2O/c1-5(3-11)4-12(2)6(13)7(8,9)10/h5H,4H2,1-2H3. The fourth-order valence-corrected chi connectivity index (χ4v) is 0.751. The van der Waals surface area contributed by atoms with Crippen LogP contribution in [0.15, 0.2) is 0 Å². The van der Waals surface area contributed by atoms with E-state index in [1.165, 1.54) is 6.92 Å². The van der Waals surface area contributed by atoms with Gasteiger partial charge in [-0.05, 0) is 6.92 Å². The Morgan fingerprint density at radius 2 is 2.08 bits per heavy atom. The van der Waals surface area contributed by atoms with Crippen molar-refractivity contribution < 1.29 is 18.0 Å². The minimum absolute atomic E-state index is 0.213. The molecule has 0 saturated heterocycles. The fraction of sp³-hybridized carbons (Fsp3) is 0.714. The van der Waals surface area contributed by atoms with Gasteiger partial charge in [-0.1, -0.05) is 0 Å². The van der Waals surface area contributed by atoms with Gasteiger partial charge >= 0.3 is 12.1 Å². The van der Waals surface area contributed by atoms with E-state index >= 15 is 0 Å². The van der Waals surface area contributed by atoms with Crippen molar-refractivity contribution in [2.45, 2.75) is 13.1 Å². The lowest BCUT2D eigenvalue weighted by molar-refractivity contribution is -0.184. The molecule has 0 aromatic heterocycles. The lowest BCUT2D eigenvalue weighted by Crippen LogP contribution is -2.40. The van der Waals surface area contributed by atoms with E-state index in [9.17, 15) is 18.0 Å². The van der Waals surface area contributed by atoms with Gasteiger partial charge in [-0.25, -0.2) is 0 Å². The first kappa shape index (κ1) is 11.8. The van der Waals surface area contributed by atoms with Crippen LogP contribution in [0.1, 0.15) is 6.92 Å². The van der Waals surface area contributed by atoms with Crippen LogP contribution in [0, 0.1) is 17.2 Å². The fourth-order valence-electron chi connectivity index (χ4n) is 0.751. The zero-order valence-electron chi connectivity index (χ0n) is 7.22. The quantitative estimate of drug-likeness (QED) is 0.662. The van der Waals surface area contributed by atoms with Crippen LogP contribution in [-0.4, -0.2) is 30.6 Å². The number of nitriles is 1. The molecule has 1 unspecified atom stereocenters. The van der Waals surface area contributed by atoms with Crippen LogP contribution < -0.4 is 0 Å². The summed E-state index contributed by atoms with van der Waals surface area (Å²) in [4.78, 5) is 11.0. The highest BCUT2D eigenvalue weighted by molar-refractivity contribution is 5.81. The number of rotatable bonds is 2. The van der Waals surface area contributed by atoms with E-state index < -0.39 is 18.0 Å². The molecule has 0 saturated carbocycles. The molecular weight excluding hydrogens is 185 g/mol. The van der Waals surface area contributed by atoms with Crippen molar-refractivity contribution in [3.8, 4) is 6.07 Å². The topological polar surface area (TPSA) is 44.1 Å². The highest BCUT2D eigenvalue weighted by atomic mass is 19.4. The van der Waals surface area contributed by atoms with Crippen molar-refractivity contribution >= 4 is 5.91 Å². The summed E-state index contributed by atoms with van der Waals surface area (Å²) in [5, 5.41) is 8.30. The molecule has 74 valence electrons. The lowest BCUT2D eigenvalue weighted by atomic mass is 10.2. The number of carbonyl (C=O) groups excluding carboxylic acids is 1. The summed E-state index contributed by atoms with van der Waals surface area (Å²) in [7, 11) is 1.02. The minimum Gasteiger partial charge on any atom is -0.337 e. The van der Waals surface area contributed by atoms with E-state index in [0.29, 0.717) is 4.90 Å². The Morgan fingerprint density at radius 1 is 1.62 bits per heavy atom. The number of hydrogen-bond acceptors (Lipinski definition) is 2.